The first-order valence-electron chi connectivity index (χ1n) is 8.20. The van der Waals surface area contributed by atoms with Gasteiger partial charge in [0.15, 0.2) is 0 Å². The summed E-state index contributed by atoms with van der Waals surface area (Å²) in [4.78, 5) is 17.4. The molecule has 1 amide bonds. The Hall–Kier alpha value is -0.830. The summed E-state index contributed by atoms with van der Waals surface area (Å²) >= 11 is 0. The lowest BCUT2D eigenvalue weighted by atomic mass is 9.47. The van der Waals surface area contributed by atoms with Gasteiger partial charge in [0.2, 0.25) is 5.91 Å². The summed E-state index contributed by atoms with van der Waals surface area (Å²) in [5, 5.41) is 1.36. The van der Waals surface area contributed by atoms with Crippen LogP contribution in [0, 0.1) is 22.7 Å². The van der Waals surface area contributed by atoms with E-state index in [0.717, 1.165) is 6.42 Å². The van der Waals surface area contributed by atoms with Gasteiger partial charge in [-0.15, -0.1) is 0 Å². The Kier molecular flexibility index (Phi) is 4.53. The van der Waals surface area contributed by atoms with Crippen molar-refractivity contribution in [2.24, 2.45) is 22.7 Å². The first-order valence-corrected chi connectivity index (χ1v) is 8.20. The normalized spacial score (nSPS) is 35.2. The molecule has 3 heteroatoms. The molecule has 3 atom stereocenters. The SMILES string of the molecule is C=C1CCC2C(C)(C)CCC[C@]2(C)[C@H]1CC(=O)N(C)OC. The third-order valence-electron chi connectivity index (χ3n) is 6.32. The van der Waals surface area contributed by atoms with Gasteiger partial charge in [0, 0.05) is 13.5 Å². The average molecular weight is 293 g/mol. The van der Waals surface area contributed by atoms with Crippen LogP contribution in [-0.4, -0.2) is 25.1 Å². The van der Waals surface area contributed by atoms with Crippen molar-refractivity contribution in [3.05, 3.63) is 12.2 Å². The Labute approximate surface area is 129 Å². The molecule has 0 aliphatic heterocycles. The Morgan fingerprint density at radius 1 is 1.38 bits per heavy atom. The lowest BCUT2D eigenvalue weighted by molar-refractivity contribution is -0.172. The smallest absolute Gasteiger partial charge is 0.246 e. The molecular formula is C18H31NO2. The Balaban J connectivity index is 2.25. The number of amides is 1. The van der Waals surface area contributed by atoms with Crippen molar-refractivity contribution in [1.29, 1.82) is 0 Å². The second-order valence-corrected chi connectivity index (χ2v) is 7.93. The molecule has 2 aliphatic carbocycles. The third-order valence-corrected chi connectivity index (χ3v) is 6.32. The maximum Gasteiger partial charge on any atom is 0.246 e. The quantitative estimate of drug-likeness (QED) is 0.576. The van der Waals surface area contributed by atoms with Crippen LogP contribution < -0.4 is 0 Å². The topological polar surface area (TPSA) is 29.5 Å². The molecule has 0 aromatic rings. The number of allylic oxidation sites excluding steroid dienone is 1. The number of fused-ring (bicyclic) bond motifs is 1. The predicted molar refractivity (Wildman–Crippen MR) is 85.5 cm³/mol. The van der Waals surface area contributed by atoms with Gasteiger partial charge in [0.1, 0.15) is 0 Å². The summed E-state index contributed by atoms with van der Waals surface area (Å²) in [7, 11) is 3.24. The molecule has 2 saturated carbocycles. The van der Waals surface area contributed by atoms with Crippen molar-refractivity contribution < 1.29 is 9.63 Å². The van der Waals surface area contributed by atoms with Gasteiger partial charge in [-0.2, -0.15) is 0 Å². The zero-order valence-corrected chi connectivity index (χ0v) is 14.4. The zero-order valence-electron chi connectivity index (χ0n) is 14.4. The summed E-state index contributed by atoms with van der Waals surface area (Å²) in [6.45, 7) is 11.5. The Morgan fingerprint density at radius 2 is 2.05 bits per heavy atom. The molecule has 0 spiro atoms. The van der Waals surface area contributed by atoms with Gasteiger partial charge in [-0.3, -0.25) is 9.63 Å². The molecule has 3 nitrogen and oxygen atoms in total. The largest absolute Gasteiger partial charge is 0.275 e. The highest BCUT2D eigenvalue weighted by Crippen LogP contribution is 2.61. The van der Waals surface area contributed by atoms with Gasteiger partial charge in [0.05, 0.1) is 7.11 Å². The van der Waals surface area contributed by atoms with E-state index in [2.05, 4.69) is 27.4 Å². The minimum atomic E-state index is 0.0638. The van der Waals surface area contributed by atoms with Crippen LogP contribution in [0.25, 0.3) is 0 Å². The van der Waals surface area contributed by atoms with Crippen LogP contribution in [-0.2, 0) is 9.63 Å². The van der Waals surface area contributed by atoms with Crippen molar-refractivity contribution in [3.63, 3.8) is 0 Å². The standard InChI is InChI=1S/C18H31NO2/c1-13-8-9-15-17(2,3)10-7-11-18(15,4)14(13)12-16(20)19(5)21-6/h14-15H,1,7-12H2,2-6H3/t14-,15?,18+/m0/s1. The van der Waals surface area contributed by atoms with E-state index in [1.54, 1.807) is 14.2 Å². The van der Waals surface area contributed by atoms with Crippen molar-refractivity contribution in [1.82, 2.24) is 5.06 Å². The third kappa shape index (κ3) is 2.90. The number of carbonyl (C=O) groups is 1. The molecule has 0 bridgehead atoms. The summed E-state index contributed by atoms with van der Waals surface area (Å²) < 4.78 is 0. The van der Waals surface area contributed by atoms with Crippen molar-refractivity contribution in [2.45, 2.75) is 59.3 Å². The van der Waals surface area contributed by atoms with Crippen LogP contribution in [0.2, 0.25) is 0 Å². The highest BCUT2D eigenvalue weighted by Gasteiger charge is 2.53. The van der Waals surface area contributed by atoms with Crippen molar-refractivity contribution in [3.8, 4) is 0 Å². The fraction of sp³-hybridized carbons (Fsp3) is 0.833. The summed E-state index contributed by atoms with van der Waals surface area (Å²) in [6, 6.07) is 0. The van der Waals surface area contributed by atoms with Crippen LogP contribution in [0.5, 0.6) is 0 Å². The van der Waals surface area contributed by atoms with Crippen LogP contribution in [0.1, 0.15) is 59.3 Å². The number of hydroxylamine groups is 2. The fourth-order valence-electron chi connectivity index (χ4n) is 5.06. The molecule has 21 heavy (non-hydrogen) atoms. The van der Waals surface area contributed by atoms with Crippen LogP contribution >= 0.6 is 0 Å². The van der Waals surface area contributed by atoms with Gasteiger partial charge in [-0.1, -0.05) is 39.3 Å². The average Bonchev–Trinajstić information content (AvgIpc) is 2.40. The van der Waals surface area contributed by atoms with Crippen molar-refractivity contribution in [2.75, 3.05) is 14.2 Å². The lowest BCUT2D eigenvalue weighted by Crippen LogP contribution is -2.50. The van der Waals surface area contributed by atoms with E-state index < -0.39 is 0 Å². The summed E-state index contributed by atoms with van der Waals surface area (Å²) in [6.07, 6.45) is 6.61. The minimum Gasteiger partial charge on any atom is -0.275 e. The number of rotatable bonds is 3. The monoisotopic (exact) mass is 293 g/mol. The second-order valence-electron chi connectivity index (χ2n) is 7.93. The predicted octanol–water partition coefficient (Wildman–Crippen LogP) is 4.20. The van der Waals surface area contributed by atoms with Crippen LogP contribution in [0.4, 0.5) is 0 Å². The van der Waals surface area contributed by atoms with E-state index in [4.69, 9.17) is 4.84 Å². The van der Waals surface area contributed by atoms with E-state index in [0.29, 0.717) is 23.7 Å². The summed E-state index contributed by atoms with van der Waals surface area (Å²) in [5.74, 6) is 1.05. The Bertz CT molecular complexity index is 429. The van der Waals surface area contributed by atoms with Gasteiger partial charge < -0.3 is 0 Å². The number of hydrogen-bond acceptors (Lipinski definition) is 2. The Morgan fingerprint density at radius 3 is 2.67 bits per heavy atom. The molecule has 2 aliphatic rings. The second kappa shape index (κ2) is 5.75. The summed E-state index contributed by atoms with van der Waals surface area (Å²) in [5.41, 5.74) is 1.85. The zero-order chi connectivity index (χ0) is 15.8. The molecule has 120 valence electrons. The van der Waals surface area contributed by atoms with E-state index in [1.165, 1.54) is 36.3 Å². The first kappa shape index (κ1) is 16.5. The highest BCUT2D eigenvalue weighted by molar-refractivity contribution is 5.75. The minimum absolute atomic E-state index is 0.0638. The maximum atomic E-state index is 12.3. The molecule has 0 aromatic heterocycles. The molecule has 1 unspecified atom stereocenters. The van der Waals surface area contributed by atoms with Gasteiger partial charge in [0.25, 0.3) is 0 Å². The van der Waals surface area contributed by atoms with Crippen LogP contribution in [0.15, 0.2) is 12.2 Å². The van der Waals surface area contributed by atoms with E-state index in [9.17, 15) is 4.79 Å². The molecule has 2 rings (SSSR count). The molecule has 0 saturated heterocycles. The highest BCUT2D eigenvalue weighted by atomic mass is 16.7. The van der Waals surface area contributed by atoms with Gasteiger partial charge >= 0.3 is 0 Å². The van der Waals surface area contributed by atoms with Crippen LogP contribution in [0.3, 0.4) is 0 Å². The lowest BCUT2D eigenvalue weighted by Gasteiger charge is -2.58. The molecular weight excluding hydrogens is 262 g/mol. The number of carbonyl (C=O) groups excluding carboxylic acids is 1. The van der Waals surface area contributed by atoms with Gasteiger partial charge in [-0.25, -0.2) is 5.06 Å². The maximum absolute atomic E-state index is 12.3. The molecule has 0 radical (unpaired) electrons. The molecule has 0 aromatic carbocycles. The molecule has 0 N–H and O–H groups in total. The fourth-order valence-corrected chi connectivity index (χ4v) is 5.06. The molecule has 0 heterocycles. The van der Waals surface area contributed by atoms with Gasteiger partial charge in [-0.05, 0) is 48.3 Å². The number of hydrogen-bond donors (Lipinski definition) is 0. The van der Waals surface area contributed by atoms with E-state index in [1.807, 2.05) is 0 Å². The molecule has 2 fully saturated rings. The van der Waals surface area contributed by atoms with E-state index in [-0.39, 0.29) is 11.3 Å². The number of nitrogens with zero attached hydrogens (tertiary/aromatic N) is 1. The van der Waals surface area contributed by atoms with Crippen molar-refractivity contribution >= 4 is 5.91 Å². The van der Waals surface area contributed by atoms with E-state index >= 15 is 0 Å². The first-order chi connectivity index (χ1) is 9.72.